The molecule has 0 spiro atoms. The zero-order chi connectivity index (χ0) is 15.6. The summed E-state index contributed by atoms with van der Waals surface area (Å²) in [7, 11) is 2.21. The van der Waals surface area contributed by atoms with Gasteiger partial charge in [-0.3, -0.25) is 5.32 Å². The molecular formula is C17H35N3. The van der Waals surface area contributed by atoms with Gasteiger partial charge in [0.15, 0.2) is 0 Å². The molecule has 0 aromatic rings. The van der Waals surface area contributed by atoms with E-state index in [-0.39, 0.29) is 5.54 Å². The van der Waals surface area contributed by atoms with Gasteiger partial charge < -0.3 is 4.90 Å². The second-order valence-corrected chi connectivity index (χ2v) is 6.79. The quantitative estimate of drug-likeness (QED) is 0.585. The summed E-state index contributed by atoms with van der Waals surface area (Å²) in [5.41, 5.74) is -0.349. The summed E-state index contributed by atoms with van der Waals surface area (Å²) < 4.78 is 0. The van der Waals surface area contributed by atoms with Crippen molar-refractivity contribution in [2.24, 2.45) is 5.92 Å². The van der Waals surface area contributed by atoms with Crippen LogP contribution in [0.1, 0.15) is 66.7 Å². The van der Waals surface area contributed by atoms with E-state index < -0.39 is 0 Å². The van der Waals surface area contributed by atoms with Crippen LogP contribution in [0.15, 0.2) is 0 Å². The molecular weight excluding hydrogens is 246 g/mol. The van der Waals surface area contributed by atoms with Gasteiger partial charge in [0.2, 0.25) is 0 Å². The maximum Gasteiger partial charge on any atom is 0.103 e. The van der Waals surface area contributed by atoms with Crippen LogP contribution in [0.25, 0.3) is 0 Å². The molecule has 0 saturated carbocycles. The van der Waals surface area contributed by atoms with Gasteiger partial charge in [-0.15, -0.1) is 0 Å². The third-order valence-corrected chi connectivity index (χ3v) is 4.01. The van der Waals surface area contributed by atoms with Gasteiger partial charge in [-0.25, -0.2) is 0 Å². The summed E-state index contributed by atoms with van der Waals surface area (Å²) >= 11 is 0. The van der Waals surface area contributed by atoms with Gasteiger partial charge in [-0.1, -0.05) is 20.8 Å². The van der Waals surface area contributed by atoms with Crippen LogP contribution in [-0.2, 0) is 0 Å². The molecule has 0 radical (unpaired) electrons. The van der Waals surface area contributed by atoms with Crippen LogP contribution in [-0.4, -0.2) is 36.6 Å². The number of hydrogen-bond acceptors (Lipinski definition) is 3. The van der Waals surface area contributed by atoms with E-state index in [2.05, 4.69) is 51.0 Å². The Morgan fingerprint density at radius 3 is 2.40 bits per heavy atom. The Kier molecular flexibility index (Phi) is 9.88. The molecule has 0 aromatic heterocycles. The molecule has 0 heterocycles. The maximum absolute atomic E-state index is 9.28. The normalized spacial score (nSPS) is 16.1. The average Bonchev–Trinajstić information content (AvgIpc) is 2.40. The zero-order valence-corrected chi connectivity index (χ0v) is 14.5. The summed E-state index contributed by atoms with van der Waals surface area (Å²) in [6.45, 7) is 13.1. The summed E-state index contributed by atoms with van der Waals surface area (Å²) in [5, 5.41) is 12.6. The molecule has 3 heteroatoms. The minimum atomic E-state index is -0.349. The van der Waals surface area contributed by atoms with E-state index in [0.29, 0.717) is 6.04 Å². The first kappa shape index (κ1) is 19.4. The topological polar surface area (TPSA) is 39.1 Å². The first-order valence-corrected chi connectivity index (χ1v) is 8.21. The molecule has 2 atom stereocenters. The Morgan fingerprint density at radius 1 is 1.25 bits per heavy atom. The molecule has 0 bridgehead atoms. The van der Waals surface area contributed by atoms with Crippen molar-refractivity contribution in [3.05, 3.63) is 0 Å². The van der Waals surface area contributed by atoms with Crippen molar-refractivity contribution < 1.29 is 0 Å². The molecule has 0 aromatic carbocycles. The van der Waals surface area contributed by atoms with E-state index in [1.807, 2.05) is 6.92 Å². The Labute approximate surface area is 126 Å². The van der Waals surface area contributed by atoms with Gasteiger partial charge in [0.1, 0.15) is 5.54 Å². The smallest absolute Gasteiger partial charge is 0.103 e. The number of unbranched alkanes of at least 4 members (excludes halogenated alkanes) is 1. The van der Waals surface area contributed by atoms with Crippen molar-refractivity contribution in [3.8, 4) is 6.07 Å². The van der Waals surface area contributed by atoms with Gasteiger partial charge in [0, 0.05) is 6.04 Å². The highest BCUT2D eigenvalue weighted by Crippen LogP contribution is 2.15. The standard InChI is InChI=1S/C17H35N3/c1-7-11-19-17(5,14-18)10-8-9-12-20(6)16(4)13-15(2)3/h15-16,19H,7-13H2,1-6H3. The van der Waals surface area contributed by atoms with E-state index in [0.717, 1.165) is 38.3 Å². The molecule has 0 aliphatic heterocycles. The van der Waals surface area contributed by atoms with E-state index in [4.69, 9.17) is 0 Å². The highest BCUT2D eigenvalue weighted by atomic mass is 15.1. The molecule has 0 aliphatic rings. The molecule has 0 rings (SSSR count). The average molecular weight is 281 g/mol. The predicted molar refractivity (Wildman–Crippen MR) is 87.7 cm³/mol. The van der Waals surface area contributed by atoms with Gasteiger partial charge in [-0.2, -0.15) is 5.26 Å². The Balaban J connectivity index is 3.91. The number of rotatable bonds is 11. The van der Waals surface area contributed by atoms with Crippen LogP contribution < -0.4 is 5.32 Å². The third kappa shape index (κ3) is 8.55. The number of nitrogens with zero attached hydrogens (tertiary/aromatic N) is 2. The van der Waals surface area contributed by atoms with Gasteiger partial charge in [0.05, 0.1) is 6.07 Å². The first-order chi connectivity index (χ1) is 9.34. The van der Waals surface area contributed by atoms with Crippen molar-refractivity contribution in [2.45, 2.75) is 78.3 Å². The fraction of sp³-hybridized carbons (Fsp3) is 0.941. The molecule has 0 amide bonds. The molecule has 1 N–H and O–H groups in total. The van der Waals surface area contributed by atoms with E-state index in [9.17, 15) is 5.26 Å². The zero-order valence-electron chi connectivity index (χ0n) is 14.5. The largest absolute Gasteiger partial charge is 0.304 e. The van der Waals surface area contributed by atoms with E-state index in [1.165, 1.54) is 12.8 Å². The van der Waals surface area contributed by atoms with Crippen LogP contribution in [0, 0.1) is 17.2 Å². The minimum absolute atomic E-state index is 0.349. The first-order valence-electron chi connectivity index (χ1n) is 8.21. The van der Waals surface area contributed by atoms with Gasteiger partial charge >= 0.3 is 0 Å². The SMILES string of the molecule is CCCNC(C)(C#N)CCCCN(C)C(C)CC(C)C. The van der Waals surface area contributed by atoms with Crippen molar-refractivity contribution in [1.82, 2.24) is 10.2 Å². The van der Waals surface area contributed by atoms with Gasteiger partial charge in [0.25, 0.3) is 0 Å². The van der Waals surface area contributed by atoms with Crippen molar-refractivity contribution in [2.75, 3.05) is 20.1 Å². The lowest BCUT2D eigenvalue weighted by molar-refractivity contribution is 0.221. The molecule has 0 aliphatic carbocycles. The molecule has 0 fully saturated rings. The molecule has 118 valence electrons. The van der Waals surface area contributed by atoms with Crippen molar-refractivity contribution in [1.29, 1.82) is 5.26 Å². The lowest BCUT2D eigenvalue weighted by Gasteiger charge is -2.27. The lowest BCUT2D eigenvalue weighted by atomic mass is 9.96. The summed E-state index contributed by atoms with van der Waals surface area (Å²) in [5.74, 6) is 0.757. The van der Waals surface area contributed by atoms with Gasteiger partial charge in [-0.05, 0) is 72.0 Å². The van der Waals surface area contributed by atoms with E-state index in [1.54, 1.807) is 0 Å². The minimum Gasteiger partial charge on any atom is -0.304 e. The second kappa shape index (κ2) is 10.2. The van der Waals surface area contributed by atoms with Crippen molar-refractivity contribution in [3.63, 3.8) is 0 Å². The summed E-state index contributed by atoms with van der Waals surface area (Å²) in [6.07, 6.45) is 5.55. The second-order valence-electron chi connectivity index (χ2n) is 6.79. The van der Waals surface area contributed by atoms with Crippen LogP contribution in [0.3, 0.4) is 0 Å². The van der Waals surface area contributed by atoms with Crippen LogP contribution in [0.5, 0.6) is 0 Å². The molecule has 3 nitrogen and oxygen atoms in total. The third-order valence-electron chi connectivity index (χ3n) is 4.01. The maximum atomic E-state index is 9.28. The number of nitriles is 1. The number of nitrogens with one attached hydrogen (secondary N) is 1. The fourth-order valence-electron chi connectivity index (χ4n) is 2.51. The highest BCUT2D eigenvalue weighted by molar-refractivity contribution is 5.03. The Bertz CT molecular complexity index is 282. The molecule has 2 unspecified atom stereocenters. The van der Waals surface area contributed by atoms with Crippen LogP contribution >= 0.6 is 0 Å². The highest BCUT2D eigenvalue weighted by Gasteiger charge is 2.21. The monoisotopic (exact) mass is 281 g/mol. The Hall–Kier alpha value is -0.590. The summed E-state index contributed by atoms with van der Waals surface area (Å²) in [4.78, 5) is 2.45. The van der Waals surface area contributed by atoms with Crippen LogP contribution in [0.2, 0.25) is 0 Å². The Morgan fingerprint density at radius 2 is 1.90 bits per heavy atom. The number of hydrogen-bond donors (Lipinski definition) is 1. The molecule has 0 saturated heterocycles. The fourth-order valence-corrected chi connectivity index (χ4v) is 2.51. The van der Waals surface area contributed by atoms with Crippen LogP contribution in [0.4, 0.5) is 0 Å². The van der Waals surface area contributed by atoms with Crippen molar-refractivity contribution >= 4 is 0 Å². The molecule has 20 heavy (non-hydrogen) atoms. The van der Waals surface area contributed by atoms with E-state index >= 15 is 0 Å². The summed E-state index contributed by atoms with van der Waals surface area (Å²) in [6, 6.07) is 3.07. The predicted octanol–water partition coefficient (Wildman–Crippen LogP) is 3.80. The lowest BCUT2D eigenvalue weighted by Crippen LogP contribution is -2.41.